The third-order valence-corrected chi connectivity index (χ3v) is 2.56. The first-order valence-corrected chi connectivity index (χ1v) is 6.12. The summed E-state index contributed by atoms with van der Waals surface area (Å²) in [5, 5.41) is 0. The largest absolute Gasteiger partial charge is 0.412 e. The quantitative estimate of drug-likeness (QED) is 0.511. The summed E-state index contributed by atoms with van der Waals surface area (Å²) in [5.41, 5.74) is 0. The molecule has 4 nitrogen and oxygen atoms in total. The average Bonchev–Trinajstić information content (AvgIpc) is 1.94. The molecule has 0 saturated heterocycles. The van der Waals surface area contributed by atoms with E-state index in [0.717, 1.165) is 12.8 Å². The molecule has 0 radical (unpaired) electrons. The molecular formula is C8H20O4S. The summed E-state index contributed by atoms with van der Waals surface area (Å²) in [4.78, 5) is 0. The van der Waals surface area contributed by atoms with Crippen LogP contribution in [0.3, 0.4) is 0 Å². The first kappa shape index (κ1) is 15.3. The fraction of sp³-hybridized carbons (Fsp3) is 1.00. The van der Waals surface area contributed by atoms with Gasteiger partial charge in [-0.1, -0.05) is 39.0 Å². The summed E-state index contributed by atoms with van der Waals surface area (Å²) >= 11 is 0. The van der Waals surface area contributed by atoms with Gasteiger partial charge in [-0.2, -0.15) is 8.42 Å². The van der Waals surface area contributed by atoms with Crippen LogP contribution >= 0.6 is 0 Å². The monoisotopic (exact) mass is 212 g/mol. The van der Waals surface area contributed by atoms with Crippen LogP contribution in [0.25, 0.3) is 0 Å². The van der Waals surface area contributed by atoms with Crippen molar-refractivity contribution in [2.45, 2.75) is 45.4 Å². The summed E-state index contributed by atoms with van der Waals surface area (Å²) in [6.45, 7) is 2.14. The maximum absolute atomic E-state index is 10.3. The Morgan fingerprint density at radius 1 is 1.00 bits per heavy atom. The van der Waals surface area contributed by atoms with Crippen molar-refractivity contribution in [3.63, 3.8) is 0 Å². The molecule has 3 N–H and O–H groups in total. The van der Waals surface area contributed by atoms with Gasteiger partial charge in [-0.3, -0.25) is 4.55 Å². The van der Waals surface area contributed by atoms with E-state index in [2.05, 4.69) is 6.92 Å². The Morgan fingerprint density at radius 2 is 1.46 bits per heavy atom. The van der Waals surface area contributed by atoms with Gasteiger partial charge >= 0.3 is 0 Å². The number of hydrogen-bond donors (Lipinski definition) is 1. The molecule has 82 valence electrons. The number of rotatable bonds is 7. The molecule has 0 aliphatic heterocycles. The Kier molecular flexibility index (Phi) is 10.00. The van der Waals surface area contributed by atoms with E-state index < -0.39 is 10.1 Å². The Bertz CT molecular complexity index is 186. The van der Waals surface area contributed by atoms with Crippen molar-refractivity contribution < 1.29 is 18.4 Å². The lowest BCUT2D eigenvalue weighted by molar-refractivity contribution is 0.478. The third-order valence-electron chi connectivity index (χ3n) is 1.76. The molecule has 0 rings (SSSR count). The van der Waals surface area contributed by atoms with Crippen LogP contribution < -0.4 is 0 Å². The Morgan fingerprint density at radius 3 is 1.92 bits per heavy atom. The molecule has 0 aliphatic carbocycles. The van der Waals surface area contributed by atoms with Gasteiger partial charge in [0.15, 0.2) is 0 Å². The highest BCUT2D eigenvalue weighted by atomic mass is 32.2. The summed E-state index contributed by atoms with van der Waals surface area (Å²) in [6, 6.07) is 0. The molecule has 0 atom stereocenters. The lowest BCUT2D eigenvalue weighted by Crippen LogP contribution is -2.03. The zero-order valence-corrected chi connectivity index (χ0v) is 8.94. The van der Waals surface area contributed by atoms with E-state index in [0.29, 0.717) is 6.42 Å². The molecule has 0 bridgehead atoms. The fourth-order valence-electron chi connectivity index (χ4n) is 1.06. The van der Waals surface area contributed by atoms with E-state index in [1.165, 1.54) is 19.3 Å². The first-order valence-electron chi connectivity index (χ1n) is 4.51. The van der Waals surface area contributed by atoms with Gasteiger partial charge in [-0.05, 0) is 6.42 Å². The van der Waals surface area contributed by atoms with Crippen LogP contribution in [0.2, 0.25) is 0 Å². The molecule has 0 spiro atoms. The van der Waals surface area contributed by atoms with Crippen molar-refractivity contribution in [3.05, 3.63) is 0 Å². The minimum Gasteiger partial charge on any atom is -0.412 e. The van der Waals surface area contributed by atoms with E-state index in [9.17, 15) is 8.42 Å². The van der Waals surface area contributed by atoms with E-state index in [1.807, 2.05) is 0 Å². The molecule has 0 fully saturated rings. The fourth-order valence-corrected chi connectivity index (χ4v) is 1.63. The van der Waals surface area contributed by atoms with Crippen molar-refractivity contribution in [1.29, 1.82) is 0 Å². The second-order valence-electron chi connectivity index (χ2n) is 3.05. The molecule has 0 amide bonds. The van der Waals surface area contributed by atoms with E-state index in [1.54, 1.807) is 0 Å². The van der Waals surface area contributed by atoms with Crippen LogP contribution in [-0.4, -0.2) is 24.2 Å². The van der Waals surface area contributed by atoms with Gasteiger partial charge in [-0.25, -0.2) is 0 Å². The predicted octanol–water partition coefficient (Wildman–Crippen LogP) is 1.41. The van der Waals surface area contributed by atoms with Gasteiger partial charge in [0.2, 0.25) is 0 Å². The lowest BCUT2D eigenvalue weighted by atomic mass is 10.1. The van der Waals surface area contributed by atoms with Gasteiger partial charge in [0.1, 0.15) is 0 Å². The summed E-state index contributed by atoms with van der Waals surface area (Å²) in [6.07, 6.45) is 6.14. The molecule has 0 heterocycles. The van der Waals surface area contributed by atoms with Crippen molar-refractivity contribution >= 4 is 10.1 Å². The molecule has 0 aliphatic rings. The SMILES string of the molecule is CCCCCCCCS(=O)(=O)O.O. The van der Waals surface area contributed by atoms with Crippen LogP contribution in [0.4, 0.5) is 0 Å². The summed E-state index contributed by atoms with van der Waals surface area (Å²) < 4.78 is 28.9. The Labute approximate surface area is 80.4 Å². The normalized spacial score (nSPS) is 10.9. The third kappa shape index (κ3) is 14.7. The molecule has 0 saturated carbocycles. The van der Waals surface area contributed by atoms with Gasteiger partial charge in [-0.15, -0.1) is 0 Å². The molecule has 0 aromatic rings. The number of unbranched alkanes of at least 4 members (excludes halogenated alkanes) is 5. The topological polar surface area (TPSA) is 85.9 Å². The molecule has 13 heavy (non-hydrogen) atoms. The maximum Gasteiger partial charge on any atom is 0.264 e. The molecule has 0 aromatic carbocycles. The van der Waals surface area contributed by atoms with E-state index in [4.69, 9.17) is 4.55 Å². The van der Waals surface area contributed by atoms with Crippen molar-refractivity contribution in [2.24, 2.45) is 0 Å². The maximum atomic E-state index is 10.3. The van der Waals surface area contributed by atoms with Gasteiger partial charge in [0.25, 0.3) is 10.1 Å². The minimum atomic E-state index is -3.72. The van der Waals surface area contributed by atoms with Crippen molar-refractivity contribution in [2.75, 3.05) is 5.75 Å². The lowest BCUT2D eigenvalue weighted by Gasteiger charge is -1.98. The summed E-state index contributed by atoms with van der Waals surface area (Å²) in [7, 11) is -3.72. The van der Waals surface area contributed by atoms with Crippen LogP contribution in [-0.2, 0) is 10.1 Å². The smallest absolute Gasteiger partial charge is 0.264 e. The number of hydrogen-bond acceptors (Lipinski definition) is 2. The first-order chi connectivity index (χ1) is 5.56. The predicted molar refractivity (Wildman–Crippen MR) is 53.4 cm³/mol. The molecular weight excluding hydrogens is 192 g/mol. The Hall–Kier alpha value is -0.130. The van der Waals surface area contributed by atoms with Crippen LogP contribution in [0.1, 0.15) is 45.4 Å². The zero-order valence-electron chi connectivity index (χ0n) is 8.12. The van der Waals surface area contributed by atoms with Crippen LogP contribution in [0, 0.1) is 0 Å². The van der Waals surface area contributed by atoms with Gasteiger partial charge in [0, 0.05) is 0 Å². The summed E-state index contributed by atoms with van der Waals surface area (Å²) in [5.74, 6) is -0.0842. The van der Waals surface area contributed by atoms with E-state index >= 15 is 0 Å². The van der Waals surface area contributed by atoms with Gasteiger partial charge in [0.05, 0.1) is 5.75 Å². The second kappa shape index (κ2) is 8.47. The van der Waals surface area contributed by atoms with Crippen LogP contribution in [0.15, 0.2) is 0 Å². The highest BCUT2D eigenvalue weighted by molar-refractivity contribution is 7.85. The minimum absolute atomic E-state index is 0. The molecule has 0 unspecified atom stereocenters. The standard InChI is InChI=1S/C8H18O3S.H2O/c1-2-3-4-5-6-7-8-12(9,10)11;/h2-8H2,1H3,(H,9,10,11);1H2. The Balaban J connectivity index is 0. The highest BCUT2D eigenvalue weighted by Crippen LogP contribution is 2.05. The van der Waals surface area contributed by atoms with Crippen molar-refractivity contribution in [1.82, 2.24) is 0 Å². The highest BCUT2D eigenvalue weighted by Gasteiger charge is 2.02. The zero-order chi connectivity index (χ0) is 9.45. The van der Waals surface area contributed by atoms with Crippen molar-refractivity contribution in [3.8, 4) is 0 Å². The van der Waals surface area contributed by atoms with Crippen LogP contribution in [0.5, 0.6) is 0 Å². The average molecular weight is 212 g/mol. The van der Waals surface area contributed by atoms with Gasteiger partial charge < -0.3 is 5.48 Å². The second-order valence-corrected chi connectivity index (χ2v) is 4.63. The molecule has 0 aromatic heterocycles. The van der Waals surface area contributed by atoms with E-state index in [-0.39, 0.29) is 11.2 Å². The molecule has 5 heteroatoms.